The molecule has 0 spiro atoms. The van der Waals surface area contributed by atoms with Crippen molar-refractivity contribution in [2.24, 2.45) is 0 Å². The smallest absolute Gasteiger partial charge is 0.162 e. The van der Waals surface area contributed by atoms with E-state index in [1.165, 1.54) is 12.1 Å². The van der Waals surface area contributed by atoms with Crippen LogP contribution < -0.4 is 5.73 Å². The maximum atomic E-state index is 13.0. The lowest BCUT2D eigenvalue weighted by molar-refractivity contribution is 0.627. The molecule has 0 atom stereocenters. The number of anilines is 1. The van der Waals surface area contributed by atoms with Gasteiger partial charge in [0.2, 0.25) is 0 Å². The Balaban J connectivity index is 2.61. The van der Waals surface area contributed by atoms with Gasteiger partial charge in [0.1, 0.15) is 11.6 Å². The molecule has 2 rings (SSSR count). The maximum absolute atomic E-state index is 13.0. The number of nitrogen functional groups attached to an aromatic ring is 1. The molecule has 0 aliphatic rings. The first-order valence-electron chi connectivity index (χ1n) is 5.36. The van der Waals surface area contributed by atoms with Crippen molar-refractivity contribution < 1.29 is 4.39 Å². The van der Waals surface area contributed by atoms with E-state index in [0.29, 0.717) is 11.6 Å². The predicted octanol–water partition coefficient (Wildman–Crippen LogP) is 2.79. The summed E-state index contributed by atoms with van der Waals surface area (Å²) in [6.45, 7) is 5.59. The largest absolute Gasteiger partial charge is 0.383 e. The Morgan fingerprint density at radius 1 is 1.12 bits per heavy atom. The highest BCUT2D eigenvalue weighted by atomic mass is 19.1. The van der Waals surface area contributed by atoms with E-state index in [4.69, 9.17) is 5.73 Å². The van der Waals surface area contributed by atoms with Crippen LogP contribution in [0.1, 0.15) is 16.8 Å². The molecule has 0 aliphatic carbocycles. The average Bonchev–Trinajstić information content (AvgIpc) is 2.25. The van der Waals surface area contributed by atoms with Crippen molar-refractivity contribution >= 4 is 5.82 Å². The molecule has 1 aromatic heterocycles. The highest BCUT2D eigenvalue weighted by molar-refractivity contribution is 5.62. The van der Waals surface area contributed by atoms with E-state index in [1.54, 1.807) is 6.07 Å². The zero-order valence-electron chi connectivity index (χ0n) is 10.1. The molecule has 1 aromatic carbocycles. The van der Waals surface area contributed by atoms with Crippen LogP contribution >= 0.6 is 0 Å². The Hall–Kier alpha value is -1.97. The number of hydrogen-bond donors (Lipinski definition) is 1. The number of rotatable bonds is 1. The third-order valence-electron chi connectivity index (χ3n) is 2.86. The molecule has 0 saturated carbocycles. The van der Waals surface area contributed by atoms with Crippen LogP contribution in [0, 0.1) is 26.6 Å². The predicted molar refractivity (Wildman–Crippen MR) is 66.0 cm³/mol. The molecule has 88 valence electrons. The minimum Gasteiger partial charge on any atom is -0.383 e. The summed E-state index contributed by atoms with van der Waals surface area (Å²) < 4.78 is 13.0. The van der Waals surface area contributed by atoms with Gasteiger partial charge in [0, 0.05) is 16.8 Å². The summed E-state index contributed by atoms with van der Waals surface area (Å²) in [5.74, 6) is 0.752. The fraction of sp³-hybridized carbons (Fsp3) is 0.231. The van der Waals surface area contributed by atoms with E-state index in [0.717, 1.165) is 22.4 Å². The minimum atomic E-state index is -0.261. The van der Waals surface area contributed by atoms with Gasteiger partial charge in [-0.05, 0) is 44.5 Å². The first kappa shape index (κ1) is 11.5. The van der Waals surface area contributed by atoms with Gasteiger partial charge in [-0.1, -0.05) is 0 Å². The fourth-order valence-corrected chi connectivity index (χ4v) is 1.65. The van der Waals surface area contributed by atoms with Gasteiger partial charge in [0.05, 0.1) is 0 Å². The van der Waals surface area contributed by atoms with Gasteiger partial charge in [-0.2, -0.15) is 0 Å². The van der Waals surface area contributed by atoms with Crippen molar-refractivity contribution in [3.05, 3.63) is 40.8 Å². The monoisotopic (exact) mass is 231 g/mol. The van der Waals surface area contributed by atoms with E-state index in [2.05, 4.69) is 9.97 Å². The molecule has 0 amide bonds. The Morgan fingerprint density at radius 2 is 1.82 bits per heavy atom. The number of aryl methyl sites for hydroxylation is 2. The number of benzene rings is 1. The lowest BCUT2D eigenvalue weighted by atomic mass is 10.1. The molecule has 0 unspecified atom stereocenters. The summed E-state index contributed by atoms with van der Waals surface area (Å²) >= 11 is 0. The molecule has 1 heterocycles. The maximum Gasteiger partial charge on any atom is 0.162 e. The number of hydrogen-bond acceptors (Lipinski definition) is 3. The van der Waals surface area contributed by atoms with E-state index in [-0.39, 0.29) is 5.82 Å². The van der Waals surface area contributed by atoms with Crippen molar-refractivity contribution in [2.75, 3.05) is 5.73 Å². The summed E-state index contributed by atoms with van der Waals surface area (Å²) in [6.07, 6.45) is 0. The second-order valence-corrected chi connectivity index (χ2v) is 4.10. The Labute approximate surface area is 99.5 Å². The van der Waals surface area contributed by atoms with Crippen LogP contribution in [-0.4, -0.2) is 9.97 Å². The molecule has 4 heteroatoms. The van der Waals surface area contributed by atoms with Crippen molar-refractivity contribution in [3.8, 4) is 11.4 Å². The topological polar surface area (TPSA) is 51.8 Å². The van der Waals surface area contributed by atoms with E-state index >= 15 is 0 Å². The van der Waals surface area contributed by atoms with E-state index in [1.807, 2.05) is 20.8 Å². The average molecular weight is 231 g/mol. The first-order chi connectivity index (χ1) is 7.99. The lowest BCUT2D eigenvalue weighted by Crippen LogP contribution is -2.02. The van der Waals surface area contributed by atoms with Gasteiger partial charge < -0.3 is 5.73 Å². The minimum absolute atomic E-state index is 0.261. The molecule has 0 saturated heterocycles. The highest BCUT2D eigenvalue weighted by Gasteiger charge is 2.09. The summed E-state index contributed by atoms with van der Waals surface area (Å²) in [5.41, 5.74) is 9.15. The molecule has 0 bridgehead atoms. The van der Waals surface area contributed by atoms with Crippen LogP contribution in [0.25, 0.3) is 11.4 Å². The molecule has 3 nitrogen and oxygen atoms in total. The zero-order chi connectivity index (χ0) is 12.6. The van der Waals surface area contributed by atoms with Gasteiger partial charge in [-0.15, -0.1) is 0 Å². The molecule has 17 heavy (non-hydrogen) atoms. The molecule has 0 aliphatic heterocycles. The quantitative estimate of drug-likeness (QED) is 0.821. The van der Waals surface area contributed by atoms with Crippen molar-refractivity contribution in [1.29, 1.82) is 0 Å². The molecular weight excluding hydrogens is 217 g/mol. The van der Waals surface area contributed by atoms with E-state index in [9.17, 15) is 4.39 Å². The molecule has 2 N–H and O–H groups in total. The number of halogens is 1. The summed E-state index contributed by atoms with van der Waals surface area (Å²) in [7, 11) is 0. The molecular formula is C13H14FN3. The van der Waals surface area contributed by atoms with Crippen LogP contribution in [0.3, 0.4) is 0 Å². The van der Waals surface area contributed by atoms with Crippen LogP contribution in [0.15, 0.2) is 18.2 Å². The molecule has 2 aromatic rings. The molecule has 0 fully saturated rings. The van der Waals surface area contributed by atoms with Gasteiger partial charge in [0.15, 0.2) is 5.82 Å². The second-order valence-electron chi connectivity index (χ2n) is 4.10. The Bertz CT molecular complexity index is 556. The third kappa shape index (κ3) is 2.11. The zero-order valence-corrected chi connectivity index (χ0v) is 10.1. The van der Waals surface area contributed by atoms with Gasteiger partial charge >= 0.3 is 0 Å². The SMILES string of the molecule is Cc1cc(F)ccc1-c1nc(C)c(C)c(N)n1. The number of nitrogens with zero attached hydrogens (tertiary/aromatic N) is 2. The third-order valence-corrected chi connectivity index (χ3v) is 2.86. The van der Waals surface area contributed by atoms with Crippen molar-refractivity contribution in [2.45, 2.75) is 20.8 Å². The first-order valence-corrected chi connectivity index (χ1v) is 5.36. The van der Waals surface area contributed by atoms with Gasteiger partial charge in [0.25, 0.3) is 0 Å². The summed E-state index contributed by atoms with van der Waals surface area (Å²) in [6, 6.07) is 4.54. The lowest BCUT2D eigenvalue weighted by Gasteiger charge is -2.09. The normalized spacial score (nSPS) is 10.6. The van der Waals surface area contributed by atoms with Crippen LogP contribution in [0.2, 0.25) is 0 Å². The summed E-state index contributed by atoms with van der Waals surface area (Å²) in [4.78, 5) is 8.62. The Kier molecular flexibility index (Phi) is 2.79. The van der Waals surface area contributed by atoms with E-state index < -0.39 is 0 Å². The van der Waals surface area contributed by atoms with Crippen molar-refractivity contribution in [3.63, 3.8) is 0 Å². The summed E-state index contributed by atoms with van der Waals surface area (Å²) in [5, 5.41) is 0. The Morgan fingerprint density at radius 3 is 2.41 bits per heavy atom. The molecule has 0 radical (unpaired) electrons. The van der Waals surface area contributed by atoms with Crippen LogP contribution in [-0.2, 0) is 0 Å². The van der Waals surface area contributed by atoms with Gasteiger partial charge in [-0.25, -0.2) is 14.4 Å². The standard InChI is InChI=1S/C13H14FN3/c1-7-6-10(14)4-5-11(7)13-16-9(3)8(2)12(15)17-13/h4-6H,1-3H3,(H2,15,16,17). The number of aromatic nitrogens is 2. The highest BCUT2D eigenvalue weighted by Crippen LogP contribution is 2.23. The second kappa shape index (κ2) is 4.13. The fourth-order valence-electron chi connectivity index (χ4n) is 1.65. The van der Waals surface area contributed by atoms with Crippen LogP contribution in [0.5, 0.6) is 0 Å². The van der Waals surface area contributed by atoms with Crippen molar-refractivity contribution in [1.82, 2.24) is 9.97 Å². The van der Waals surface area contributed by atoms with Crippen LogP contribution in [0.4, 0.5) is 10.2 Å². The van der Waals surface area contributed by atoms with Gasteiger partial charge in [-0.3, -0.25) is 0 Å². The number of nitrogens with two attached hydrogens (primary N) is 1.